The molecule has 3 rings (SSSR count). The largest absolute Gasteiger partial charge is 0.324 e. The summed E-state index contributed by atoms with van der Waals surface area (Å²) in [7, 11) is 0. The number of rotatable bonds is 2. The van der Waals surface area contributed by atoms with Crippen molar-refractivity contribution in [1.82, 2.24) is 9.97 Å². The number of nitrogens with zero attached hydrogens (tertiary/aromatic N) is 2. The zero-order chi connectivity index (χ0) is 13.3. The zero-order valence-electron chi connectivity index (χ0n) is 11.0. The van der Waals surface area contributed by atoms with Crippen molar-refractivity contribution in [2.75, 3.05) is 5.32 Å². The number of fused-ring (bicyclic) bond motifs is 1. The van der Waals surface area contributed by atoms with Crippen LogP contribution in [0.4, 0.5) is 5.69 Å². The van der Waals surface area contributed by atoms with Crippen LogP contribution in [0.3, 0.4) is 0 Å². The molecular weight excluding hydrogens is 276 g/mol. The minimum atomic E-state index is -0.711. The fourth-order valence-corrected chi connectivity index (χ4v) is 2.53. The summed E-state index contributed by atoms with van der Waals surface area (Å²) in [6.07, 6.45) is 6.84. The van der Waals surface area contributed by atoms with E-state index in [1.54, 1.807) is 12.4 Å². The van der Waals surface area contributed by atoms with Gasteiger partial charge < -0.3 is 11.1 Å². The average molecular weight is 293 g/mol. The predicted octanol–water partition coefficient (Wildman–Crippen LogP) is 2.26. The van der Waals surface area contributed by atoms with Gasteiger partial charge in [0.2, 0.25) is 5.91 Å². The Labute approximate surface area is 123 Å². The van der Waals surface area contributed by atoms with Crippen molar-refractivity contribution in [3.63, 3.8) is 0 Å². The molecule has 1 aromatic carbocycles. The molecule has 0 spiro atoms. The molecule has 106 valence electrons. The molecule has 1 heterocycles. The second kappa shape index (κ2) is 5.73. The van der Waals surface area contributed by atoms with Crippen LogP contribution in [0.1, 0.15) is 25.7 Å². The molecule has 1 saturated carbocycles. The first-order chi connectivity index (χ1) is 9.17. The first kappa shape index (κ1) is 14.7. The Morgan fingerprint density at radius 1 is 1.15 bits per heavy atom. The molecule has 0 unspecified atom stereocenters. The standard InChI is InChI=1S/C14H16N4O.ClH/c15-14(5-1-2-6-14)13(19)18-10-3-4-11-12(9-10)17-8-7-16-11;/h3-4,7-9H,1-2,5-6,15H2,(H,18,19);1H. The summed E-state index contributed by atoms with van der Waals surface area (Å²) in [4.78, 5) is 20.6. The van der Waals surface area contributed by atoms with Crippen molar-refractivity contribution in [2.45, 2.75) is 31.2 Å². The molecule has 1 amide bonds. The Hall–Kier alpha value is -1.72. The highest BCUT2D eigenvalue weighted by Gasteiger charge is 2.36. The molecule has 0 atom stereocenters. The molecule has 0 aliphatic heterocycles. The number of benzene rings is 1. The van der Waals surface area contributed by atoms with E-state index in [1.165, 1.54) is 0 Å². The van der Waals surface area contributed by atoms with Crippen LogP contribution in [-0.2, 0) is 4.79 Å². The number of nitrogens with one attached hydrogen (secondary N) is 1. The molecular formula is C14H17ClN4O. The van der Waals surface area contributed by atoms with Crippen molar-refractivity contribution in [3.05, 3.63) is 30.6 Å². The molecule has 3 N–H and O–H groups in total. The van der Waals surface area contributed by atoms with Crippen LogP contribution in [0.5, 0.6) is 0 Å². The first-order valence-electron chi connectivity index (χ1n) is 6.48. The second-order valence-electron chi connectivity index (χ2n) is 5.08. The van der Waals surface area contributed by atoms with E-state index in [-0.39, 0.29) is 18.3 Å². The van der Waals surface area contributed by atoms with Gasteiger partial charge in [0.25, 0.3) is 0 Å². The lowest BCUT2D eigenvalue weighted by atomic mass is 9.98. The Bertz CT molecular complexity index is 625. The number of anilines is 1. The van der Waals surface area contributed by atoms with Gasteiger partial charge in [-0.05, 0) is 31.0 Å². The van der Waals surface area contributed by atoms with Crippen molar-refractivity contribution < 1.29 is 4.79 Å². The molecule has 1 aliphatic carbocycles. The van der Waals surface area contributed by atoms with E-state index in [9.17, 15) is 4.79 Å². The lowest BCUT2D eigenvalue weighted by molar-refractivity contribution is -0.121. The Morgan fingerprint density at radius 2 is 1.80 bits per heavy atom. The summed E-state index contributed by atoms with van der Waals surface area (Å²) in [6.45, 7) is 0. The number of amides is 1. The van der Waals surface area contributed by atoms with E-state index in [0.717, 1.165) is 42.4 Å². The monoisotopic (exact) mass is 292 g/mol. The minimum Gasteiger partial charge on any atom is -0.324 e. The third-order valence-electron chi connectivity index (χ3n) is 3.68. The summed E-state index contributed by atoms with van der Waals surface area (Å²) < 4.78 is 0. The van der Waals surface area contributed by atoms with Gasteiger partial charge in [-0.2, -0.15) is 0 Å². The number of halogens is 1. The molecule has 20 heavy (non-hydrogen) atoms. The molecule has 0 saturated heterocycles. The highest BCUT2D eigenvalue weighted by Crippen LogP contribution is 2.28. The zero-order valence-corrected chi connectivity index (χ0v) is 11.8. The fourth-order valence-electron chi connectivity index (χ4n) is 2.53. The fraction of sp³-hybridized carbons (Fsp3) is 0.357. The van der Waals surface area contributed by atoms with Gasteiger partial charge >= 0.3 is 0 Å². The van der Waals surface area contributed by atoms with E-state index in [0.29, 0.717) is 0 Å². The van der Waals surface area contributed by atoms with Crippen molar-refractivity contribution in [3.8, 4) is 0 Å². The van der Waals surface area contributed by atoms with E-state index < -0.39 is 5.54 Å². The SMILES string of the molecule is Cl.NC1(C(=O)Nc2ccc3nccnc3c2)CCCC1. The van der Waals surface area contributed by atoms with E-state index in [4.69, 9.17) is 5.73 Å². The molecule has 1 aliphatic rings. The summed E-state index contributed by atoms with van der Waals surface area (Å²) in [6, 6.07) is 5.49. The molecule has 6 heteroatoms. The van der Waals surface area contributed by atoms with Crippen molar-refractivity contribution in [2.24, 2.45) is 5.73 Å². The number of hydrogen-bond acceptors (Lipinski definition) is 4. The third-order valence-corrected chi connectivity index (χ3v) is 3.68. The van der Waals surface area contributed by atoms with Gasteiger partial charge in [-0.25, -0.2) is 0 Å². The summed E-state index contributed by atoms with van der Waals surface area (Å²) in [5.74, 6) is -0.103. The van der Waals surface area contributed by atoms with E-state index in [2.05, 4.69) is 15.3 Å². The van der Waals surface area contributed by atoms with Gasteiger partial charge in [-0.15, -0.1) is 12.4 Å². The lowest BCUT2D eigenvalue weighted by Crippen LogP contribution is -2.48. The average Bonchev–Trinajstić information content (AvgIpc) is 2.87. The molecule has 1 fully saturated rings. The Kier molecular flexibility index (Phi) is 4.20. The van der Waals surface area contributed by atoms with Crippen molar-refractivity contribution in [1.29, 1.82) is 0 Å². The van der Waals surface area contributed by atoms with Crippen LogP contribution in [0, 0.1) is 0 Å². The smallest absolute Gasteiger partial charge is 0.244 e. The minimum absolute atomic E-state index is 0. The number of aromatic nitrogens is 2. The maximum absolute atomic E-state index is 12.2. The van der Waals surface area contributed by atoms with E-state index in [1.807, 2.05) is 18.2 Å². The molecule has 1 aromatic heterocycles. The van der Waals surface area contributed by atoms with Crippen LogP contribution in [-0.4, -0.2) is 21.4 Å². The van der Waals surface area contributed by atoms with E-state index >= 15 is 0 Å². The first-order valence-corrected chi connectivity index (χ1v) is 6.48. The predicted molar refractivity (Wildman–Crippen MR) is 80.8 cm³/mol. The molecule has 0 bridgehead atoms. The number of hydrogen-bond donors (Lipinski definition) is 2. The van der Waals surface area contributed by atoms with Crippen molar-refractivity contribution >= 4 is 35.0 Å². The van der Waals surface area contributed by atoms with Crippen LogP contribution in [0.2, 0.25) is 0 Å². The van der Waals surface area contributed by atoms with Gasteiger partial charge in [0.05, 0.1) is 16.6 Å². The molecule has 5 nitrogen and oxygen atoms in total. The Morgan fingerprint density at radius 3 is 2.50 bits per heavy atom. The van der Waals surface area contributed by atoms with Crippen LogP contribution >= 0.6 is 12.4 Å². The third kappa shape index (κ3) is 2.73. The summed E-state index contributed by atoms with van der Waals surface area (Å²) in [5, 5.41) is 2.88. The lowest BCUT2D eigenvalue weighted by Gasteiger charge is -2.22. The highest BCUT2D eigenvalue weighted by atomic mass is 35.5. The van der Waals surface area contributed by atoms with Crippen LogP contribution in [0.25, 0.3) is 11.0 Å². The quantitative estimate of drug-likeness (QED) is 0.889. The second-order valence-corrected chi connectivity index (χ2v) is 5.08. The summed E-state index contributed by atoms with van der Waals surface area (Å²) in [5.41, 5.74) is 7.70. The number of carbonyl (C=O) groups excluding carboxylic acids is 1. The Balaban J connectivity index is 0.00000147. The highest BCUT2D eigenvalue weighted by molar-refractivity contribution is 5.99. The maximum atomic E-state index is 12.2. The summed E-state index contributed by atoms with van der Waals surface area (Å²) >= 11 is 0. The molecule has 2 aromatic rings. The van der Waals surface area contributed by atoms with Gasteiger partial charge in [-0.1, -0.05) is 12.8 Å². The van der Waals surface area contributed by atoms with Crippen LogP contribution in [0.15, 0.2) is 30.6 Å². The van der Waals surface area contributed by atoms with Gasteiger partial charge in [0.1, 0.15) is 0 Å². The van der Waals surface area contributed by atoms with Gasteiger partial charge in [0, 0.05) is 18.1 Å². The van der Waals surface area contributed by atoms with Crippen LogP contribution < -0.4 is 11.1 Å². The maximum Gasteiger partial charge on any atom is 0.244 e. The number of carbonyl (C=O) groups is 1. The van der Waals surface area contributed by atoms with Gasteiger partial charge in [-0.3, -0.25) is 14.8 Å². The normalized spacial score (nSPS) is 16.6. The van der Waals surface area contributed by atoms with Gasteiger partial charge in [0.15, 0.2) is 0 Å². The topological polar surface area (TPSA) is 80.9 Å². The number of nitrogens with two attached hydrogens (primary N) is 1. The molecule has 0 radical (unpaired) electrons.